The Morgan fingerprint density at radius 2 is 2.35 bits per heavy atom. The lowest BCUT2D eigenvalue weighted by Gasteiger charge is -2.23. The quantitative estimate of drug-likeness (QED) is 0.755. The summed E-state index contributed by atoms with van der Waals surface area (Å²) in [4.78, 5) is 26.6. The van der Waals surface area contributed by atoms with Crippen molar-refractivity contribution in [1.29, 1.82) is 0 Å². The molecule has 2 heterocycles. The summed E-state index contributed by atoms with van der Waals surface area (Å²) in [6.07, 6.45) is 2.18. The maximum absolute atomic E-state index is 11.8. The molecule has 2 rings (SSSR count). The van der Waals surface area contributed by atoms with Crippen molar-refractivity contribution < 1.29 is 19.4 Å². The molecule has 108 valence electrons. The minimum atomic E-state index is -1.02. The highest BCUT2D eigenvalue weighted by atomic mass is 16.5. The van der Waals surface area contributed by atoms with Crippen molar-refractivity contribution in [3.05, 3.63) is 29.6 Å². The first-order chi connectivity index (χ1) is 9.48. The Hall–Kier alpha value is -2.15. The fourth-order valence-corrected chi connectivity index (χ4v) is 1.96. The molecule has 1 aromatic rings. The van der Waals surface area contributed by atoms with Gasteiger partial charge in [0.2, 0.25) is 0 Å². The van der Waals surface area contributed by atoms with Crippen LogP contribution in [0.15, 0.2) is 18.3 Å². The van der Waals surface area contributed by atoms with Crippen LogP contribution >= 0.6 is 0 Å². The van der Waals surface area contributed by atoms with Gasteiger partial charge in [-0.25, -0.2) is 9.59 Å². The summed E-state index contributed by atoms with van der Waals surface area (Å²) >= 11 is 0. The number of carboxylic acid groups (broad SMARTS) is 1. The van der Waals surface area contributed by atoms with Crippen molar-refractivity contribution in [3.63, 3.8) is 0 Å². The minimum Gasteiger partial charge on any atom is -0.478 e. The average molecular weight is 279 g/mol. The summed E-state index contributed by atoms with van der Waals surface area (Å²) in [6, 6.07) is 2.52. The third-order valence-corrected chi connectivity index (χ3v) is 3.13. The second-order valence-corrected chi connectivity index (χ2v) is 5.01. The molecule has 1 atom stereocenters. The van der Waals surface area contributed by atoms with Crippen molar-refractivity contribution in [1.82, 2.24) is 15.6 Å². The fourth-order valence-electron chi connectivity index (χ4n) is 1.96. The second kappa shape index (κ2) is 5.87. The predicted octanol–water partition coefficient (Wildman–Crippen LogP) is 0.758. The molecule has 1 aliphatic rings. The number of ether oxygens (including phenoxy) is 1. The van der Waals surface area contributed by atoms with Gasteiger partial charge in [-0.1, -0.05) is 0 Å². The van der Waals surface area contributed by atoms with Crippen molar-refractivity contribution in [2.24, 2.45) is 0 Å². The van der Waals surface area contributed by atoms with Crippen LogP contribution in [0.5, 0.6) is 0 Å². The Balaban J connectivity index is 1.87. The zero-order valence-electron chi connectivity index (χ0n) is 11.2. The van der Waals surface area contributed by atoms with E-state index in [1.54, 1.807) is 0 Å². The highest BCUT2D eigenvalue weighted by Gasteiger charge is 2.31. The van der Waals surface area contributed by atoms with E-state index in [0.29, 0.717) is 18.9 Å². The molecule has 0 bridgehead atoms. The van der Waals surface area contributed by atoms with Crippen molar-refractivity contribution in [3.8, 4) is 0 Å². The van der Waals surface area contributed by atoms with E-state index >= 15 is 0 Å². The zero-order chi connectivity index (χ0) is 14.6. The molecule has 1 aromatic heterocycles. The van der Waals surface area contributed by atoms with Crippen LogP contribution in [0.3, 0.4) is 0 Å². The van der Waals surface area contributed by atoms with Crippen LogP contribution in [0.2, 0.25) is 0 Å². The van der Waals surface area contributed by atoms with E-state index in [-0.39, 0.29) is 23.7 Å². The molecule has 0 aliphatic carbocycles. The Morgan fingerprint density at radius 1 is 1.55 bits per heavy atom. The largest absolute Gasteiger partial charge is 0.478 e. The smallest absolute Gasteiger partial charge is 0.335 e. The molecule has 0 aromatic carbocycles. The van der Waals surface area contributed by atoms with Crippen LogP contribution < -0.4 is 10.6 Å². The maximum atomic E-state index is 11.8. The van der Waals surface area contributed by atoms with Gasteiger partial charge in [-0.05, 0) is 25.5 Å². The van der Waals surface area contributed by atoms with Crippen molar-refractivity contribution >= 4 is 12.0 Å². The van der Waals surface area contributed by atoms with Gasteiger partial charge in [0.1, 0.15) is 0 Å². The number of hydrogen-bond acceptors (Lipinski definition) is 4. The average Bonchev–Trinajstić information content (AvgIpc) is 2.83. The molecule has 1 fully saturated rings. The monoisotopic (exact) mass is 279 g/mol. The number of nitrogens with one attached hydrogen (secondary N) is 2. The lowest BCUT2D eigenvalue weighted by Crippen LogP contribution is -2.50. The number of carbonyl (C=O) groups excluding carboxylic acids is 1. The second-order valence-electron chi connectivity index (χ2n) is 5.01. The van der Waals surface area contributed by atoms with Crippen LogP contribution in [-0.4, -0.2) is 40.8 Å². The van der Waals surface area contributed by atoms with Gasteiger partial charge in [-0.3, -0.25) is 4.98 Å². The summed E-state index contributed by atoms with van der Waals surface area (Å²) in [7, 11) is 0. The summed E-state index contributed by atoms with van der Waals surface area (Å²) in [5.41, 5.74) is 0.293. The van der Waals surface area contributed by atoms with Gasteiger partial charge in [0.15, 0.2) is 0 Å². The molecule has 1 aliphatic heterocycles. The van der Waals surface area contributed by atoms with Crippen LogP contribution in [-0.2, 0) is 11.3 Å². The fraction of sp³-hybridized carbons (Fsp3) is 0.462. The Morgan fingerprint density at radius 3 is 3.00 bits per heavy atom. The molecule has 20 heavy (non-hydrogen) atoms. The number of carboxylic acids is 1. The lowest BCUT2D eigenvalue weighted by molar-refractivity contribution is 0.0696. The van der Waals surface area contributed by atoms with Gasteiger partial charge >= 0.3 is 12.0 Å². The van der Waals surface area contributed by atoms with E-state index in [1.165, 1.54) is 18.3 Å². The molecule has 0 radical (unpaired) electrons. The molecule has 0 spiro atoms. The standard InChI is InChI=1S/C13H17N3O4/c1-13(3-5-20-8-13)16-12(19)15-7-10-6-9(11(17)18)2-4-14-10/h2,4,6H,3,5,7-8H2,1H3,(H,17,18)(H2,15,16,19). The number of carbonyl (C=O) groups is 2. The molecule has 3 N–H and O–H groups in total. The highest BCUT2D eigenvalue weighted by molar-refractivity contribution is 5.87. The summed E-state index contributed by atoms with van der Waals surface area (Å²) in [6.45, 7) is 3.22. The SMILES string of the molecule is CC1(NC(=O)NCc2cc(C(=O)O)ccn2)CCOC1. The Bertz CT molecular complexity index is 512. The number of rotatable bonds is 4. The van der Waals surface area contributed by atoms with Gasteiger partial charge in [-0.2, -0.15) is 0 Å². The topological polar surface area (TPSA) is 101 Å². The molecule has 2 amide bonds. The van der Waals surface area contributed by atoms with Crippen molar-refractivity contribution in [2.45, 2.75) is 25.4 Å². The number of aromatic nitrogens is 1. The first-order valence-electron chi connectivity index (χ1n) is 6.30. The van der Waals surface area contributed by atoms with Crippen LogP contribution in [0.4, 0.5) is 4.79 Å². The maximum Gasteiger partial charge on any atom is 0.335 e. The number of urea groups is 1. The number of aromatic carboxylic acids is 1. The molecular weight excluding hydrogens is 262 g/mol. The molecule has 7 nitrogen and oxygen atoms in total. The first-order valence-corrected chi connectivity index (χ1v) is 6.30. The van der Waals surface area contributed by atoms with E-state index in [0.717, 1.165) is 6.42 Å². The van der Waals surface area contributed by atoms with Gasteiger partial charge in [0, 0.05) is 12.8 Å². The summed E-state index contributed by atoms with van der Waals surface area (Å²) in [5.74, 6) is -1.02. The molecule has 0 saturated carbocycles. The normalized spacial score (nSPS) is 21.4. The number of amides is 2. The van der Waals surface area contributed by atoms with E-state index < -0.39 is 5.97 Å². The number of nitrogens with zero attached hydrogens (tertiary/aromatic N) is 1. The van der Waals surface area contributed by atoms with Crippen LogP contribution in [0.25, 0.3) is 0 Å². The van der Waals surface area contributed by atoms with Gasteiger partial charge in [0.25, 0.3) is 0 Å². The van der Waals surface area contributed by atoms with E-state index in [4.69, 9.17) is 9.84 Å². The van der Waals surface area contributed by atoms with E-state index in [1.807, 2.05) is 6.92 Å². The predicted molar refractivity (Wildman–Crippen MR) is 70.4 cm³/mol. The van der Waals surface area contributed by atoms with Gasteiger partial charge < -0.3 is 20.5 Å². The van der Waals surface area contributed by atoms with Crippen LogP contribution in [0, 0.1) is 0 Å². The Labute approximate surface area is 116 Å². The third kappa shape index (κ3) is 3.67. The van der Waals surface area contributed by atoms with Crippen molar-refractivity contribution in [2.75, 3.05) is 13.2 Å². The molecule has 7 heteroatoms. The first kappa shape index (κ1) is 14.3. The summed E-state index contributed by atoms with van der Waals surface area (Å²) in [5, 5.41) is 14.4. The molecule has 1 unspecified atom stereocenters. The summed E-state index contributed by atoms with van der Waals surface area (Å²) < 4.78 is 5.25. The minimum absolute atomic E-state index is 0.147. The molecule has 1 saturated heterocycles. The highest BCUT2D eigenvalue weighted by Crippen LogP contribution is 2.16. The lowest BCUT2D eigenvalue weighted by atomic mass is 10.0. The van der Waals surface area contributed by atoms with Gasteiger partial charge in [-0.15, -0.1) is 0 Å². The zero-order valence-corrected chi connectivity index (χ0v) is 11.2. The van der Waals surface area contributed by atoms with E-state index in [2.05, 4.69) is 15.6 Å². The molecular formula is C13H17N3O4. The number of hydrogen-bond donors (Lipinski definition) is 3. The van der Waals surface area contributed by atoms with E-state index in [9.17, 15) is 9.59 Å². The van der Waals surface area contributed by atoms with Gasteiger partial charge in [0.05, 0.1) is 29.9 Å². The third-order valence-electron chi connectivity index (χ3n) is 3.13. The van der Waals surface area contributed by atoms with Crippen LogP contribution in [0.1, 0.15) is 29.4 Å². The Kier molecular flexibility index (Phi) is 4.19. The number of pyridine rings is 1.